The number of thiazole rings is 1. The summed E-state index contributed by atoms with van der Waals surface area (Å²) in [5.74, 6) is -0.882. The van der Waals surface area contributed by atoms with Crippen LogP contribution >= 0.6 is 11.3 Å². The van der Waals surface area contributed by atoms with E-state index in [1.54, 1.807) is 0 Å². The fraction of sp³-hybridized carbons (Fsp3) is 0.357. The third-order valence-electron chi connectivity index (χ3n) is 10.5. The van der Waals surface area contributed by atoms with E-state index in [4.69, 9.17) is 9.72 Å². The van der Waals surface area contributed by atoms with Crippen LogP contribution in [-0.4, -0.2) is 95.1 Å². The highest BCUT2D eigenvalue weighted by Gasteiger charge is 2.26. The molecule has 280 valence electrons. The Morgan fingerprint density at radius 3 is 2.46 bits per heavy atom. The summed E-state index contributed by atoms with van der Waals surface area (Å²) in [6.45, 7) is 10.4. The van der Waals surface area contributed by atoms with Gasteiger partial charge in [-0.3, -0.25) is 19.8 Å². The van der Waals surface area contributed by atoms with Crippen LogP contribution in [0.15, 0.2) is 72.8 Å². The van der Waals surface area contributed by atoms with E-state index < -0.39 is 5.97 Å². The van der Waals surface area contributed by atoms with Gasteiger partial charge in [0.15, 0.2) is 10.8 Å². The molecule has 54 heavy (non-hydrogen) atoms. The first-order chi connectivity index (χ1) is 26.3. The molecule has 0 radical (unpaired) electrons. The van der Waals surface area contributed by atoms with Crippen LogP contribution in [0, 0.1) is 6.92 Å². The van der Waals surface area contributed by atoms with Gasteiger partial charge in [-0.15, -0.1) is 0 Å². The fourth-order valence-corrected chi connectivity index (χ4v) is 8.40. The van der Waals surface area contributed by atoms with Gasteiger partial charge in [-0.25, -0.2) is 14.8 Å². The first-order valence-corrected chi connectivity index (χ1v) is 19.5. The highest BCUT2D eigenvalue weighted by Crippen LogP contribution is 2.33. The van der Waals surface area contributed by atoms with Crippen molar-refractivity contribution in [2.45, 2.75) is 46.1 Å². The molecule has 3 aromatic carbocycles. The molecule has 0 unspecified atom stereocenters. The third-order valence-corrected chi connectivity index (χ3v) is 11.4. The number of esters is 1. The first-order valence-electron chi connectivity index (χ1n) is 18.7. The quantitative estimate of drug-likeness (QED) is 0.0995. The summed E-state index contributed by atoms with van der Waals surface area (Å²) in [7, 11) is 0. The van der Waals surface area contributed by atoms with Gasteiger partial charge in [0.25, 0.3) is 5.91 Å². The Hall–Kier alpha value is -5.17. The standard InChI is InChI=1S/C42H46N6O5S/c1-3-53-38(49)27-47-24-22-46(23-25-47)20-7-6-10-29-11-8-13-31(28(29)2)32-17-18-37(44-39(32)41(51)52)48-21-19-30-12-9-14-33(34(30)26-48)40(50)45-42-43-35-15-4-5-16-36(35)54-42/h4-5,8-9,11-18H,3,6-7,10,19-27H2,1-2H3,(H,51,52)(H,43,45,50). The molecule has 0 bridgehead atoms. The van der Waals surface area contributed by atoms with Gasteiger partial charge in [0.1, 0.15) is 5.82 Å². The number of carboxylic acid groups (broad SMARTS) is 1. The molecule has 0 atom stereocenters. The van der Waals surface area contributed by atoms with Crippen molar-refractivity contribution >= 4 is 50.3 Å². The molecule has 7 rings (SSSR count). The maximum atomic E-state index is 13.6. The van der Waals surface area contributed by atoms with Crippen LogP contribution in [0.25, 0.3) is 21.3 Å². The number of carbonyl (C=O) groups is 3. The zero-order valence-electron chi connectivity index (χ0n) is 30.8. The predicted molar refractivity (Wildman–Crippen MR) is 213 cm³/mol. The number of amides is 1. The Morgan fingerprint density at radius 1 is 0.870 bits per heavy atom. The smallest absolute Gasteiger partial charge is 0.355 e. The van der Waals surface area contributed by atoms with E-state index in [0.717, 1.165) is 84.5 Å². The molecule has 2 aliphatic rings. The minimum Gasteiger partial charge on any atom is -0.476 e. The first kappa shape index (κ1) is 37.2. The maximum Gasteiger partial charge on any atom is 0.355 e. The number of benzene rings is 3. The molecule has 1 fully saturated rings. The Morgan fingerprint density at radius 2 is 1.67 bits per heavy atom. The summed E-state index contributed by atoms with van der Waals surface area (Å²) in [5, 5.41) is 13.9. The van der Waals surface area contributed by atoms with Crippen molar-refractivity contribution in [3.63, 3.8) is 0 Å². The second kappa shape index (κ2) is 16.9. The average molecular weight is 747 g/mol. The number of ether oxygens (including phenoxy) is 1. The number of hydrogen-bond donors (Lipinski definition) is 2. The fourth-order valence-electron chi connectivity index (χ4n) is 7.54. The lowest BCUT2D eigenvalue weighted by molar-refractivity contribution is -0.144. The molecule has 0 spiro atoms. The van der Waals surface area contributed by atoms with Crippen molar-refractivity contribution in [1.82, 2.24) is 19.8 Å². The maximum absolute atomic E-state index is 13.6. The lowest BCUT2D eigenvalue weighted by Crippen LogP contribution is -2.48. The Bertz CT molecular complexity index is 2130. The number of rotatable bonds is 13. The van der Waals surface area contributed by atoms with E-state index in [-0.39, 0.29) is 17.6 Å². The number of aromatic nitrogens is 2. The van der Waals surface area contributed by atoms with Crippen LogP contribution in [-0.2, 0) is 28.9 Å². The molecule has 2 N–H and O–H groups in total. The highest BCUT2D eigenvalue weighted by molar-refractivity contribution is 7.22. The van der Waals surface area contributed by atoms with E-state index in [0.29, 0.717) is 54.7 Å². The molecule has 5 aromatic rings. The summed E-state index contributed by atoms with van der Waals surface area (Å²) in [6, 6.07) is 23.5. The second-order valence-electron chi connectivity index (χ2n) is 13.9. The van der Waals surface area contributed by atoms with Crippen LogP contribution in [0.4, 0.5) is 10.9 Å². The number of nitrogens with one attached hydrogen (secondary N) is 1. The predicted octanol–water partition coefficient (Wildman–Crippen LogP) is 6.68. The van der Waals surface area contributed by atoms with Gasteiger partial charge in [0, 0.05) is 50.4 Å². The summed E-state index contributed by atoms with van der Waals surface area (Å²) in [6.07, 6.45) is 3.69. The van der Waals surface area contributed by atoms with Gasteiger partial charge in [-0.05, 0) is 104 Å². The van der Waals surface area contributed by atoms with E-state index in [9.17, 15) is 19.5 Å². The van der Waals surface area contributed by atoms with Gasteiger partial charge in [-0.1, -0.05) is 53.8 Å². The number of pyridine rings is 1. The van der Waals surface area contributed by atoms with Gasteiger partial charge in [0.2, 0.25) is 0 Å². The topological polar surface area (TPSA) is 128 Å². The SMILES string of the molecule is CCOC(=O)CN1CCN(CCCCc2cccc(-c3ccc(N4CCc5cccc(C(=O)Nc6nc7ccccc7s6)c5C4)nc3C(=O)O)c2C)CC1. The summed E-state index contributed by atoms with van der Waals surface area (Å²) in [5.41, 5.74) is 7.18. The van der Waals surface area contributed by atoms with Crippen molar-refractivity contribution in [3.8, 4) is 11.1 Å². The number of aryl methyl sites for hydroxylation is 1. The highest BCUT2D eigenvalue weighted by atomic mass is 32.1. The van der Waals surface area contributed by atoms with Crippen LogP contribution in [0.3, 0.4) is 0 Å². The van der Waals surface area contributed by atoms with Crippen molar-refractivity contribution in [2.24, 2.45) is 0 Å². The largest absolute Gasteiger partial charge is 0.476 e. The van der Waals surface area contributed by atoms with E-state index in [2.05, 4.69) is 38.0 Å². The normalized spacial score (nSPS) is 14.9. The summed E-state index contributed by atoms with van der Waals surface area (Å²) < 4.78 is 6.09. The van der Waals surface area contributed by atoms with Crippen molar-refractivity contribution in [2.75, 3.05) is 62.6 Å². The molecule has 0 aliphatic carbocycles. The number of piperazine rings is 1. The molecule has 1 amide bonds. The molecule has 2 aromatic heterocycles. The van der Waals surface area contributed by atoms with E-state index in [1.165, 1.54) is 16.9 Å². The molecule has 12 heteroatoms. The number of carbonyl (C=O) groups excluding carboxylic acids is 2. The van der Waals surface area contributed by atoms with Gasteiger partial charge >= 0.3 is 11.9 Å². The third kappa shape index (κ3) is 8.46. The number of aromatic carboxylic acids is 1. The van der Waals surface area contributed by atoms with E-state index in [1.807, 2.05) is 73.7 Å². The van der Waals surface area contributed by atoms with Gasteiger partial charge < -0.3 is 19.6 Å². The molecule has 4 heterocycles. The Labute approximate surface area is 319 Å². The van der Waals surface area contributed by atoms with Crippen LogP contribution in [0.2, 0.25) is 0 Å². The number of anilines is 2. The molecule has 1 saturated heterocycles. The summed E-state index contributed by atoms with van der Waals surface area (Å²) >= 11 is 1.44. The Balaban J connectivity index is 1.00. The van der Waals surface area contributed by atoms with Crippen LogP contribution in [0.5, 0.6) is 0 Å². The van der Waals surface area contributed by atoms with Crippen LogP contribution < -0.4 is 10.2 Å². The minimum atomic E-state index is -1.08. The minimum absolute atomic E-state index is 0.0162. The number of para-hydroxylation sites is 1. The average Bonchev–Trinajstić information content (AvgIpc) is 3.59. The lowest BCUT2D eigenvalue weighted by Gasteiger charge is -2.34. The second-order valence-corrected chi connectivity index (χ2v) is 14.9. The number of unbranched alkanes of at least 4 members (excludes halogenated alkanes) is 1. The van der Waals surface area contributed by atoms with E-state index >= 15 is 0 Å². The lowest BCUT2D eigenvalue weighted by atomic mass is 9.92. The molecular formula is C42H46N6O5S. The van der Waals surface area contributed by atoms with Gasteiger partial charge in [0.05, 0.1) is 23.4 Å². The number of carboxylic acids is 1. The van der Waals surface area contributed by atoms with Crippen molar-refractivity contribution in [1.29, 1.82) is 0 Å². The molecule has 0 saturated carbocycles. The number of fused-ring (bicyclic) bond motifs is 2. The van der Waals surface area contributed by atoms with Crippen molar-refractivity contribution < 1.29 is 24.2 Å². The van der Waals surface area contributed by atoms with Gasteiger partial charge in [-0.2, -0.15) is 0 Å². The monoisotopic (exact) mass is 746 g/mol. The zero-order chi connectivity index (χ0) is 37.6. The summed E-state index contributed by atoms with van der Waals surface area (Å²) in [4.78, 5) is 54.0. The number of nitrogens with zero attached hydrogens (tertiary/aromatic N) is 5. The zero-order valence-corrected chi connectivity index (χ0v) is 31.7. The van der Waals surface area contributed by atoms with Crippen molar-refractivity contribution in [3.05, 3.63) is 106 Å². The molecule has 11 nitrogen and oxygen atoms in total. The molecule has 2 aliphatic heterocycles. The number of hydrogen-bond acceptors (Lipinski definition) is 10. The molecular weight excluding hydrogens is 701 g/mol. The van der Waals surface area contributed by atoms with Crippen LogP contribution in [0.1, 0.15) is 62.9 Å². The Kier molecular flexibility index (Phi) is 11.6.